The summed E-state index contributed by atoms with van der Waals surface area (Å²) in [5.41, 5.74) is 1.99. The van der Waals surface area contributed by atoms with Crippen molar-refractivity contribution in [3.05, 3.63) is 71.9 Å². The monoisotopic (exact) mass is 477 g/mol. The highest BCUT2D eigenvalue weighted by atomic mass is 19.1. The van der Waals surface area contributed by atoms with Crippen LogP contribution in [0.3, 0.4) is 0 Å². The lowest BCUT2D eigenvalue weighted by Crippen LogP contribution is -2.36. The van der Waals surface area contributed by atoms with Gasteiger partial charge in [0.2, 0.25) is 5.88 Å². The minimum atomic E-state index is -1.15. The van der Waals surface area contributed by atoms with Gasteiger partial charge in [0, 0.05) is 53.8 Å². The fourth-order valence-corrected chi connectivity index (χ4v) is 4.26. The molecule has 178 valence electrons. The Morgan fingerprint density at radius 1 is 1.03 bits per heavy atom. The Morgan fingerprint density at radius 3 is 2.60 bits per heavy atom. The van der Waals surface area contributed by atoms with Gasteiger partial charge in [-0.3, -0.25) is 4.98 Å². The molecule has 1 atom stereocenters. The summed E-state index contributed by atoms with van der Waals surface area (Å²) in [7, 11) is 1.38. The zero-order chi connectivity index (χ0) is 24.4. The normalized spacial score (nSPS) is 14.7. The molecule has 1 fully saturated rings. The molecule has 1 unspecified atom stereocenters. The molecule has 0 aliphatic carbocycles. The van der Waals surface area contributed by atoms with Gasteiger partial charge in [-0.2, -0.15) is 0 Å². The van der Waals surface area contributed by atoms with E-state index in [-0.39, 0.29) is 28.4 Å². The zero-order valence-electron chi connectivity index (χ0n) is 18.8. The minimum absolute atomic E-state index is 0.0441. The molecular weight excluding hydrogens is 456 g/mol. The Balaban J connectivity index is 1.61. The standard InChI is InChI=1S/C25H21F2N5O3/c1-34-25-24(28-4-5-29-25)19(13-33)17-11-18(21(27)12-20(17)26)23-16-3-2-15(10-22(16)30-14-31-23)32-6-8-35-9-7-32/h2-5,10-14,19H,6-9H2,1H3. The Morgan fingerprint density at radius 2 is 1.83 bits per heavy atom. The van der Waals surface area contributed by atoms with Gasteiger partial charge in [0.05, 0.1) is 37.5 Å². The SMILES string of the molecule is COc1nccnc1C(C=O)c1cc(-c2ncnc3cc(N4CCOCC4)ccc23)c(F)cc1F. The van der Waals surface area contributed by atoms with E-state index in [9.17, 15) is 9.18 Å². The molecule has 1 aliphatic heterocycles. The second kappa shape index (κ2) is 9.67. The van der Waals surface area contributed by atoms with Crippen molar-refractivity contribution < 1.29 is 23.0 Å². The highest BCUT2D eigenvalue weighted by Crippen LogP contribution is 2.35. The third kappa shape index (κ3) is 4.28. The van der Waals surface area contributed by atoms with E-state index in [4.69, 9.17) is 9.47 Å². The lowest BCUT2D eigenvalue weighted by atomic mass is 9.93. The van der Waals surface area contributed by atoms with Gasteiger partial charge in [0.1, 0.15) is 29.9 Å². The number of carbonyl (C=O) groups excluding carboxylic acids is 1. The van der Waals surface area contributed by atoms with Crippen LogP contribution in [0.15, 0.2) is 49.1 Å². The van der Waals surface area contributed by atoms with Gasteiger partial charge in [-0.15, -0.1) is 0 Å². The maximum atomic E-state index is 15.1. The van der Waals surface area contributed by atoms with Crippen LogP contribution >= 0.6 is 0 Å². The van der Waals surface area contributed by atoms with Crippen molar-refractivity contribution >= 4 is 22.9 Å². The van der Waals surface area contributed by atoms with Crippen LogP contribution in [0.1, 0.15) is 17.2 Å². The van der Waals surface area contributed by atoms with Crippen molar-refractivity contribution in [1.29, 1.82) is 0 Å². The second-order valence-corrected chi connectivity index (χ2v) is 7.94. The third-order valence-corrected chi connectivity index (χ3v) is 5.99. The quantitative estimate of drug-likeness (QED) is 0.390. The molecule has 0 spiro atoms. The number of aromatic nitrogens is 4. The van der Waals surface area contributed by atoms with Crippen molar-refractivity contribution in [1.82, 2.24) is 19.9 Å². The summed E-state index contributed by atoms with van der Waals surface area (Å²) in [6.45, 7) is 2.81. The number of nitrogens with zero attached hydrogens (tertiary/aromatic N) is 5. The summed E-state index contributed by atoms with van der Waals surface area (Å²) in [4.78, 5) is 31.1. The zero-order valence-corrected chi connectivity index (χ0v) is 18.8. The number of aldehydes is 1. The number of methoxy groups -OCH3 is 1. The first-order valence-electron chi connectivity index (χ1n) is 11.0. The third-order valence-electron chi connectivity index (χ3n) is 5.99. The van der Waals surface area contributed by atoms with Gasteiger partial charge >= 0.3 is 0 Å². The number of ether oxygens (including phenoxy) is 2. The molecule has 3 heterocycles. The lowest BCUT2D eigenvalue weighted by Gasteiger charge is -2.29. The first-order valence-corrected chi connectivity index (χ1v) is 11.0. The van der Waals surface area contributed by atoms with E-state index in [2.05, 4.69) is 24.8 Å². The van der Waals surface area contributed by atoms with Crippen LogP contribution in [0.5, 0.6) is 5.88 Å². The highest BCUT2D eigenvalue weighted by Gasteiger charge is 2.26. The maximum absolute atomic E-state index is 15.1. The largest absolute Gasteiger partial charge is 0.480 e. The first kappa shape index (κ1) is 22.7. The van der Waals surface area contributed by atoms with Crippen molar-refractivity contribution in [3.63, 3.8) is 0 Å². The fourth-order valence-electron chi connectivity index (χ4n) is 4.26. The van der Waals surface area contributed by atoms with Crippen LogP contribution in [0, 0.1) is 11.6 Å². The molecule has 1 saturated heterocycles. The number of anilines is 1. The van der Waals surface area contributed by atoms with Crippen molar-refractivity contribution in [2.75, 3.05) is 38.3 Å². The molecule has 10 heteroatoms. The second-order valence-electron chi connectivity index (χ2n) is 7.94. The van der Waals surface area contributed by atoms with Gasteiger partial charge in [-0.05, 0) is 24.3 Å². The van der Waals surface area contributed by atoms with Crippen LogP contribution in [-0.2, 0) is 9.53 Å². The smallest absolute Gasteiger partial charge is 0.236 e. The molecule has 1 aliphatic rings. The van der Waals surface area contributed by atoms with Crippen LogP contribution in [0.2, 0.25) is 0 Å². The summed E-state index contributed by atoms with van der Waals surface area (Å²) < 4.78 is 40.6. The number of halogens is 2. The number of rotatable bonds is 6. The Labute approximate surface area is 199 Å². The van der Waals surface area contributed by atoms with Gasteiger partial charge in [-0.1, -0.05) is 0 Å². The van der Waals surface area contributed by atoms with E-state index in [1.807, 2.05) is 18.2 Å². The first-order chi connectivity index (χ1) is 17.1. The Hall–Kier alpha value is -4.05. The molecule has 4 aromatic rings. The average molecular weight is 477 g/mol. The van der Waals surface area contributed by atoms with Gasteiger partial charge in [0.15, 0.2) is 0 Å². The summed E-state index contributed by atoms with van der Waals surface area (Å²) in [6.07, 6.45) is 4.64. The van der Waals surface area contributed by atoms with E-state index in [0.29, 0.717) is 30.4 Å². The molecule has 0 radical (unpaired) electrons. The number of morpholine rings is 1. The number of carbonyl (C=O) groups is 1. The predicted molar refractivity (Wildman–Crippen MR) is 124 cm³/mol. The van der Waals surface area contributed by atoms with Crippen LogP contribution in [0.25, 0.3) is 22.2 Å². The molecule has 0 N–H and O–H groups in total. The number of hydrogen-bond donors (Lipinski definition) is 0. The summed E-state index contributed by atoms with van der Waals surface area (Å²) >= 11 is 0. The van der Waals surface area contributed by atoms with E-state index in [1.54, 1.807) is 0 Å². The molecule has 5 rings (SSSR count). The molecule has 35 heavy (non-hydrogen) atoms. The lowest BCUT2D eigenvalue weighted by molar-refractivity contribution is -0.108. The van der Waals surface area contributed by atoms with Gasteiger partial charge in [0.25, 0.3) is 0 Å². The van der Waals surface area contributed by atoms with E-state index < -0.39 is 17.6 Å². The molecule has 0 bridgehead atoms. The molecule has 0 saturated carbocycles. The van der Waals surface area contributed by atoms with E-state index in [0.717, 1.165) is 24.8 Å². The number of fused-ring (bicyclic) bond motifs is 1. The van der Waals surface area contributed by atoms with Crippen molar-refractivity contribution in [2.45, 2.75) is 5.92 Å². The van der Waals surface area contributed by atoms with Gasteiger partial charge in [-0.25, -0.2) is 23.7 Å². The van der Waals surface area contributed by atoms with Crippen molar-refractivity contribution in [3.8, 4) is 17.1 Å². The van der Waals surface area contributed by atoms with E-state index >= 15 is 4.39 Å². The summed E-state index contributed by atoms with van der Waals surface area (Å²) in [6, 6.07) is 7.69. The Kier molecular flexibility index (Phi) is 6.28. The number of benzene rings is 2. The minimum Gasteiger partial charge on any atom is -0.480 e. The van der Waals surface area contributed by atoms with Gasteiger partial charge < -0.3 is 19.2 Å². The molecule has 8 nitrogen and oxygen atoms in total. The topological polar surface area (TPSA) is 90.3 Å². The fraction of sp³-hybridized carbons (Fsp3) is 0.240. The Bertz CT molecular complexity index is 1400. The average Bonchev–Trinajstić information content (AvgIpc) is 2.90. The van der Waals surface area contributed by atoms with Crippen LogP contribution in [0.4, 0.5) is 14.5 Å². The predicted octanol–water partition coefficient (Wildman–Crippen LogP) is 3.54. The highest BCUT2D eigenvalue weighted by molar-refractivity contribution is 5.94. The summed E-state index contributed by atoms with van der Waals surface area (Å²) in [5.74, 6) is -2.76. The van der Waals surface area contributed by atoms with Crippen molar-refractivity contribution in [2.24, 2.45) is 0 Å². The van der Waals surface area contributed by atoms with Crippen LogP contribution < -0.4 is 9.64 Å². The molecule has 2 aromatic heterocycles. The summed E-state index contributed by atoms with van der Waals surface area (Å²) in [5, 5.41) is 0.598. The van der Waals surface area contributed by atoms with E-state index in [1.165, 1.54) is 31.9 Å². The number of hydrogen-bond acceptors (Lipinski definition) is 8. The molecule has 0 amide bonds. The molecular formula is C25H21F2N5O3. The maximum Gasteiger partial charge on any atom is 0.236 e. The van der Waals surface area contributed by atoms with Crippen LogP contribution in [-0.4, -0.2) is 59.6 Å². The molecule has 2 aromatic carbocycles.